The third-order valence-corrected chi connectivity index (χ3v) is 6.66. The molecule has 0 amide bonds. The fraction of sp³-hybridized carbons (Fsp3) is 1.00. The van der Waals surface area contributed by atoms with E-state index in [1.807, 2.05) is 0 Å². The molecule has 11 heavy (non-hydrogen) atoms. The molecule has 0 aromatic heterocycles. The van der Waals surface area contributed by atoms with Crippen LogP contribution in [0.15, 0.2) is 0 Å². The van der Waals surface area contributed by atoms with Gasteiger partial charge in [-0.1, -0.05) is 27.7 Å². The molecule has 1 radical (unpaired) electrons. The van der Waals surface area contributed by atoms with E-state index in [9.17, 15) is 0 Å². The normalized spacial score (nSPS) is 11.5. The second-order valence-electron chi connectivity index (χ2n) is 2.37. The molecule has 0 heterocycles. The third-order valence-electron chi connectivity index (χ3n) is 1.71. The van der Waals surface area contributed by atoms with Crippen molar-refractivity contribution < 1.29 is 0 Å². The average Bonchev–Trinajstić information content (AvgIpc) is 2.07. The number of hydrogen-bond acceptors (Lipinski definition) is 0. The van der Waals surface area contributed by atoms with Crippen molar-refractivity contribution in [3.63, 3.8) is 0 Å². The Balaban J connectivity index is 3.58. The number of hydrogen-bond donors (Lipinski definition) is 0. The van der Waals surface area contributed by atoms with Crippen LogP contribution < -0.4 is 4.86 Å². The Morgan fingerprint density at radius 3 is 1.18 bits per heavy atom. The lowest BCUT2D eigenvalue weighted by Gasteiger charge is -2.19. The minimum atomic E-state index is 0.0466. The fourth-order valence-electron chi connectivity index (χ4n) is 0.879. The Bertz CT molecular complexity index is 70.2. The SMILES string of the molecule is CCP(CC)[N]P(CC)CC. The monoisotopic (exact) mass is 192 g/mol. The summed E-state index contributed by atoms with van der Waals surface area (Å²) in [6.07, 6.45) is 5.13. The molecule has 0 spiro atoms. The van der Waals surface area contributed by atoms with Gasteiger partial charge in [0.05, 0.1) is 0 Å². The molecule has 0 rings (SSSR count). The molecule has 0 aliphatic carbocycles. The minimum absolute atomic E-state index is 0.0466. The van der Waals surface area contributed by atoms with Gasteiger partial charge in [-0.25, -0.2) is 0 Å². The molecule has 0 N–H and O–H groups in total. The second kappa shape index (κ2) is 7.47. The van der Waals surface area contributed by atoms with Gasteiger partial charge in [0.1, 0.15) is 0 Å². The van der Waals surface area contributed by atoms with Crippen LogP contribution in [0.1, 0.15) is 27.7 Å². The Hall–Kier alpha value is 0.820. The van der Waals surface area contributed by atoms with Gasteiger partial charge in [-0.05, 0) is 40.8 Å². The third kappa shape index (κ3) is 5.12. The van der Waals surface area contributed by atoms with E-state index in [2.05, 4.69) is 27.7 Å². The molecule has 0 atom stereocenters. The lowest BCUT2D eigenvalue weighted by atomic mass is 11.0. The van der Waals surface area contributed by atoms with Crippen LogP contribution in [0.5, 0.6) is 0 Å². The van der Waals surface area contributed by atoms with Crippen LogP contribution in [0.4, 0.5) is 0 Å². The van der Waals surface area contributed by atoms with Gasteiger partial charge in [0.2, 0.25) is 0 Å². The summed E-state index contributed by atoms with van der Waals surface area (Å²) in [6, 6.07) is 0. The first-order valence-corrected chi connectivity index (χ1v) is 7.82. The molecule has 67 valence electrons. The van der Waals surface area contributed by atoms with Gasteiger partial charge in [0.15, 0.2) is 0 Å². The van der Waals surface area contributed by atoms with Gasteiger partial charge in [0.25, 0.3) is 0 Å². The summed E-state index contributed by atoms with van der Waals surface area (Å²) < 4.78 is 0. The maximum atomic E-state index is 4.88. The molecule has 0 aliphatic rings. The van der Waals surface area contributed by atoms with E-state index in [4.69, 9.17) is 4.86 Å². The van der Waals surface area contributed by atoms with Crippen molar-refractivity contribution in [2.75, 3.05) is 24.6 Å². The molecule has 0 aliphatic heterocycles. The van der Waals surface area contributed by atoms with E-state index in [0.29, 0.717) is 0 Å². The molecule has 0 saturated carbocycles. The summed E-state index contributed by atoms with van der Waals surface area (Å²) in [7, 11) is 0.0931. The zero-order valence-electron chi connectivity index (χ0n) is 8.17. The van der Waals surface area contributed by atoms with E-state index in [-0.39, 0.29) is 16.1 Å². The summed E-state index contributed by atoms with van der Waals surface area (Å²) in [4.78, 5) is 4.88. The lowest BCUT2D eigenvalue weighted by Crippen LogP contribution is -1.99. The van der Waals surface area contributed by atoms with Crippen molar-refractivity contribution in [2.24, 2.45) is 0 Å². The summed E-state index contributed by atoms with van der Waals surface area (Å²) in [5, 5.41) is 0. The fourth-order valence-corrected chi connectivity index (χ4v) is 5.23. The van der Waals surface area contributed by atoms with Gasteiger partial charge in [-0.15, -0.1) is 0 Å². The molecule has 0 fully saturated rings. The van der Waals surface area contributed by atoms with Gasteiger partial charge < -0.3 is 0 Å². The first kappa shape index (κ1) is 11.8. The second-order valence-corrected chi connectivity index (χ2v) is 7.64. The zero-order valence-corrected chi connectivity index (χ0v) is 9.96. The van der Waals surface area contributed by atoms with Crippen LogP contribution in [0.25, 0.3) is 0 Å². The van der Waals surface area contributed by atoms with Gasteiger partial charge in [-0.2, -0.15) is 4.86 Å². The van der Waals surface area contributed by atoms with Crippen molar-refractivity contribution in [1.29, 1.82) is 0 Å². The summed E-state index contributed by atoms with van der Waals surface area (Å²) in [5.41, 5.74) is 0. The van der Waals surface area contributed by atoms with Crippen molar-refractivity contribution in [2.45, 2.75) is 27.7 Å². The van der Waals surface area contributed by atoms with Crippen LogP contribution >= 0.6 is 16.1 Å². The highest BCUT2D eigenvalue weighted by Crippen LogP contribution is 2.45. The summed E-state index contributed by atoms with van der Waals surface area (Å²) in [6.45, 7) is 9.05. The minimum Gasteiger partial charge on any atom is -0.192 e. The van der Waals surface area contributed by atoms with Crippen molar-refractivity contribution in [3.8, 4) is 0 Å². The topological polar surface area (TPSA) is 14.1 Å². The van der Waals surface area contributed by atoms with E-state index >= 15 is 0 Å². The number of rotatable bonds is 6. The predicted molar refractivity (Wildman–Crippen MR) is 58.1 cm³/mol. The quantitative estimate of drug-likeness (QED) is 0.572. The van der Waals surface area contributed by atoms with Gasteiger partial charge >= 0.3 is 0 Å². The van der Waals surface area contributed by atoms with E-state index in [1.54, 1.807) is 0 Å². The Morgan fingerprint density at radius 2 is 1.00 bits per heavy atom. The van der Waals surface area contributed by atoms with Gasteiger partial charge in [-0.3, -0.25) is 0 Å². The summed E-state index contributed by atoms with van der Waals surface area (Å²) >= 11 is 0. The van der Waals surface area contributed by atoms with Crippen LogP contribution in [0.2, 0.25) is 0 Å². The molecule has 3 heteroatoms. The maximum absolute atomic E-state index is 4.88. The lowest BCUT2D eigenvalue weighted by molar-refractivity contribution is 1.30. The molecular formula is C8H20NP2. The summed E-state index contributed by atoms with van der Waals surface area (Å²) in [5.74, 6) is 0. The van der Waals surface area contributed by atoms with Crippen molar-refractivity contribution >= 4 is 16.1 Å². The highest BCUT2D eigenvalue weighted by molar-refractivity contribution is 7.70. The number of nitrogens with zero attached hydrogens (tertiary/aromatic N) is 1. The van der Waals surface area contributed by atoms with E-state index < -0.39 is 0 Å². The smallest absolute Gasteiger partial charge is 0.0139 e. The Labute approximate surface area is 74.0 Å². The van der Waals surface area contributed by atoms with Crippen LogP contribution in [-0.4, -0.2) is 24.6 Å². The van der Waals surface area contributed by atoms with Crippen molar-refractivity contribution in [3.05, 3.63) is 0 Å². The highest BCUT2D eigenvalue weighted by Gasteiger charge is 2.09. The first-order valence-electron chi connectivity index (χ1n) is 4.49. The zero-order chi connectivity index (χ0) is 8.69. The van der Waals surface area contributed by atoms with Crippen molar-refractivity contribution in [1.82, 2.24) is 4.86 Å². The van der Waals surface area contributed by atoms with Crippen LogP contribution in [-0.2, 0) is 0 Å². The van der Waals surface area contributed by atoms with E-state index in [1.165, 1.54) is 24.6 Å². The highest BCUT2D eigenvalue weighted by atomic mass is 31.2. The Morgan fingerprint density at radius 1 is 0.727 bits per heavy atom. The molecular weight excluding hydrogens is 172 g/mol. The molecule has 0 aromatic carbocycles. The Kier molecular flexibility index (Phi) is 8.02. The average molecular weight is 192 g/mol. The van der Waals surface area contributed by atoms with Gasteiger partial charge in [0, 0.05) is 0 Å². The van der Waals surface area contributed by atoms with E-state index in [0.717, 1.165) is 0 Å². The molecule has 0 unspecified atom stereocenters. The molecule has 0 aromatic rings. The predicted octanol–water partition coefficient (Wildman–Crippen LogP) is 3.46. The van der Waals surface area contributed by atoms with Crippen LogP contribution in [0, 0.1) is 0 Å². The molecule has 1 nitrogen and oxygen atoms in total. The molecule has 0 bridgehead atoms. The maximum Gasteiger partial charge on any atom is -0.0139 e. The molecule has 0 saturated heterocycles. The first-order chi connectivity index (χ1) is 5.28. The largest absolute Gasteiger partial charge is 0.192 e. The van der Waals surface area contributed by atoms with Crippen LogP contribution in [0.3, 0.4) is 0 Å². The standard InChI is InChI=1S/C8H20NP2/c1-5-10(6-2)9-11(7-3)8-4/h5-8H2,1-4H3.